The third kappa shape index (κ3) is 3.88. The fourth-order valence-electron chi connectivity index (χ4n) is 2.60. The van der Waals surface area contributed by atoms with Crippen LogP contribution in [0.5, 0.6) is 0 Å². The zero-order chi connectivity index (χ0) is 18.0. The van der Waals surface area contributed by atoms with Crippen molar-refractivity contribution in [2.75, 3.05) is 24.3 Å². The molecule has 4 nitrogen and oxygen atoms in total. The Labute approximate surface area is 152 Å². The lowest BCUT2D eigenvalue weighted by Crippen LogP contribution is -2.07. The van der Waals surface area contributed by atoms with Crippen molar-refractivity contribution in [1.29, 1.82) is 0 Å². The maximum Gasteiger partial charge on any atom is 0.221 e. The van der Waals surface area contributed by atoms with Gasteiger partial charge in [-0.1, -0.05) is 12.1 Å². The van der Waals surface area contributed by atoms with Gasteiger partial charge in [-0.3, -0.25) is 4.79 Å². The number of carbonyl (C=O) groups is 1. The molecule has 1 aromatic heterocycles. The van der Waals surface area contributed by atoms with Crippen LogP contribution in [0, 0.1) is 6.92 Å². The third-order valence-electron chi connectivity index (χ3n) is 3.91. The molecule has 2 aromatic carbocycles. The van der Waals surface area contributed by atoms with Gasteiger partial charge in [-0.25, -0.2) is 4.98 Å². The molecule has 0 atom stereocenters. The van der Waals surface area contributed by atoms with Gasteiger partial charge < -0.3 is 10.2 Å². The topological polar surface area (TPSA) is 45.2 Å². The summed E-state index contributed by atoms with van der Waals surface area (Å²) >= 11 is 1.70. The average molecular weight is 351 g/mol. The Bertz CT molecular complexity index is 880. The molecule has 0 radical (unpaired) electrons. The monoisotopic (exact) mass is 351 g/mol. The van der Waals surface area contributed by atoms with Crippen molar-refractivity contribution in [3.8, 4) is 21.8 Å². The van der Waals surface area contributed by atoms with Gasteiger partial charge in [0, 0.05) is 48.4 Å². The fraction of sp³-hybridized carbons (Fsp3) is 0.200. The summed E-state index contributed by atoms with van der Waals surface area (Å²) in [4.78, 5) is 19.2. The lowest BCUT2D eigenvalue weighted by molar-refractivity contribution is -0.114. The summed E-state index contributed by atoms with van der Waals surface area (Å²) in [5.74, 6) is -0.0685. The summed E-state index contributed by atoms with van der Waals surface area (Å²) in [6.07, 6.45) is 0. The van der Waals surface area contributed by atoms with Gasteiger partial charge in [0.15, 0.2) is 0 Å². The number of hydrogen-bond acceptors (Lipinski definition) is 4. The van der Waals surface area contributed by atoms with Gasteiger partial charge in [0.2, 0.25) is 5.91 Å². The van der Waals surface area contributed by atoms with Crippen molar-refractivity contribution >= 4 is 28.6 Å². The molecule has 128 valence electrons. The van der Waals surface area contributed by atoms with Crippen molar-refractivity contribution in [1.82, 2.24) is 4.98 Å². The number of nitrogens with zero attached hydrogens (tertiary/aromatic N) is 2. The number of aromatic nitrogens is 1. The Morgan fingerprint density at radius 1 is 1.00 bits per heavy atom. The molecule has 3 rings (SSSR count). The molecule has 0 aliphatic rings. The summed E-state index contributed by atoms with van der Waals surface area (Å²) in [5.41, 5.74) is 5.14. The van der Waals surface area contributed by atoms with Crippen LogP contribution in [0.3, 0.4) is 0 Å². The summed E-state index contributed by atoms with van der Waals surface area (Å²) in [5, 5.41) is 3.80. The van der Waals surface area contributed by atoms with Crippen molar-refractivity contribution in [3.05, 3.63) is 53.4 Å². The molecular formula is C20H21N3OS. The molecule has 0 saturated heterocycles. The zero-order valence-corrected chi connectivity index (χ0v) is 15.6. The van der Waals surface area contributed by atoms with Crippen LogP contribution in [0.4, 0.5) is 11.4 Å². The normalized spacial score (nSPS) is 10.6. The molecule has 0 aliphatic carbocycles. The molecule has 0 spiro atoms. The third-order valence-corrected chi connectivity index (χ3v) is 4.93. The van der Waals surface area contributed by atoms with E-state index in [-0.39, 0.29) is 5.91 Å². The van der Waals surface area contributed by atoms with E-state index < -0.39 is 0 Å². The molecule has 25 heavy (non-hydrogen) atoms. The second kappa shape index (κ2) is 7.07. The van der Waals surface area contributed by atoms with E-state index in [1.54, 1.807) is 11.3 Å². The minimum absolute atomic E-state index is 0.0685. The molecule has 1 amide bonds. The number of nitrogens with one attached hydrogen (secondary N) is 1. The zero-order valence-electron chi connectivity index (χ0n) is 14.8. The maximum absolute atomic E-state index is 11.1. The highest BCUT2D eigenvalue weighted by Crippen LogP contribution is 2.34. The highest BCUT2D eigenvalue weighted by atomic mass is 32.1. The van der Waals surface area contributed by atoms with Crippen LogP contribution in [0.2, 0.25) is 0 Å². The molecule has 0 unspecified atom stereocenters. The van der Waals surface area contributed by atoms with E-state index in [9.17, 15) is 4.79 Å². The molecular weight excluding hydrogens is 330 g/mol. The number of amides is 1. The summed E-state index contributed by atoms with van der Waals surface area (Å²) < 4.78 is 0. The Hall–Kier alpha value is -2.66. The van der Waals surface area contributed by atoms with Crippen molar-refractivity contribution < 1.29 is 4.79 Å². The number of hydrogen-bond donors (Lipinski definition) is 1. The van der Waals surface area contributed by atoms with Crippen molar-refractivity contribution in [3.63, 3.8) is 0 Å². The maximum atomic E-state index is 11.1. The first-order valence-corrected chi connectivity index (χ1v) is 8.89. The van der Waals surface area contributed by atoms with Gasteiger partial charge >= 0.3 is 0 Å². The van der Waals surface area contributed by atoms with E-state index in [1.807, 2.05) is 38.4 Å². The van der Waals surface area contributed by atoms with Crippen LogP contribution in [0.15, 0.2) is 48.5 Å². The van der Waals surface area contributed by atoms with Gasteiger partial charge in [0.05, 0.1) is 5.69 Å². The molecule has 0 fully saturated rings. The number of anilines is 2. The van der Waals surface area contributed by atoms with Gasteiger partial charge in [-0.15, -0.1) is 11.3 Å². The molecule has 5 heteroatoms. The van der Waals surface area contributed by atoms with E-state index in [1.165, 1.54) is 17.5 Å². The first-order valence-electron chi connectivity index (χ1n) is 8.07. The molecule has 3 aromatic rings. The lowest BCUT2D eigenvalue weighted by atomic mass is 10.1. The molecule has 0 saturated carbocycles. The number of thiazole rings is 1. The van der Waals surface area contributed by atoms with E-state index in [4.69, 9.17) is 4.98 Å². The average Bonchev–Trinajstić information content (AvgIpc) is 2.97. The summed E-state index contributed by atoms with van der Waals surface area (Å²) in [6.45, 7) is 3.60. The van der Waals surface area contributed by atoms with Crippen LogP contribution in [-0.4, -0.2) is 25.0 Å². The molecule has 1 N–H and O–H groups in total. The first-order chi connectivity index (χ1) is 11.9. The van der Waals surface area contributed by atoms with Crippen molar-refractivity contribution in [2.45, 2.75) is 13.8 Å². The standard InChI is InChI=1S/C20H21N3OS/c1-13-19(15-5-9-17(10-6-15)21-14(2)24)22-20(25-13)16-7-11-18(12-8-16)23(3)4/h5-12H,1-4H3,(H,21,24). The van der Waals surface area contributed by atoms with Crippen LogP contribution in [0.1, 0.15) is 11.8 Å². The van der Waals surface area contributed by atoms with Gasteiger partial charge in [0.1, 0.15) is 5.01 Å². The lowest BCUT2D eigenvalue weighted by Gasteiger charge is -2.11. The summed E-state index contributed by atoms with van der Waals surface area (Å²) in [6, 6.07) is 16.2. The highest BCUT2D eigenvalue weighted by molar-refractivity contribution is 7.15. The number of benzene rings is 2. The Kier molecular flexibility index (Phi) is 4.86. The quantitative estimate of drug-likeness (QED) is 0.734. The number of aryl methyl sites for hydroxylation is 1. The van der Waals surface area contributed by atoms with Gasteiger partial charge in [-0.05, 0) is 43.3 Å². The minimum atomic E-state index is -0.0685. The number of rotatable bonds is 4. The van der Waals surface area contributed by atoms with Crippen LogP contribution in [0.25, 0.3) is 21.8 Å². The Morgan fingerprint density at radius 2 is 1.60 bits per heavy atom. The second-order valence-corrected chi connectivity index (χ2v) is 7.33. The largest absolute Gasteiger partial charge is 0.378 e. The van der Waals surface area contributed by atoms with E-state index in [0.29, 0.717) is 0 Å². The van der Waals surface area contributed by atoms with E-state index in [0.717, 1.165) is 27.5 Å². The first kappa shape index (κ1) is 17.2. The SMILES string of the molecule is CC(=O)Nc1ccc(-c2nc(-c3ccc(N(C)C)cc3)sc2C)cc1. The predicted octanol–water partition coefficient (Wildman–Crippen LogP) is 4.81. The van der Waals surface area contributed by atoms with E-state index in [2.05, 4.69) is 41.4 Å². The summed E-state index contributed by atoms with van der Waals surface area (Å²) in [7, 11) is 4.07. The minimum Gasteiger partial charge on any atom is -0.378 e. The predicted molar refractivity (Wildman–Crippen MR) is 106 cm³/mol. The smallest absolute Gasteiger partial charge is 0.221 e. The molecule has 1 heterocycles. The van der Waals surface area contributed by atoms with E-state index >= 15 is 0 Å². The van der Waals surface area contributed by atoms with Crippen LogP contribution < -0.4 is 10.2 Å². The van der Waals surface area contributed by atoms with Crippen molar-refractivity contribution in [2.24, 2.45) is 0 Å². The highest BCUT2D eigenvalue weighted by Gasteiger charge is 2.12. The Morgan fingerprint density at radius 3 is 2.16 bits per heavy atom. The molecule has 0 aliphatic heterocycles. The molecule has 0 bridgehead atoms. The van der Waals surface area contributed by atoms with Crippen LogP contribution in [-0.2, 0) is 4.79 Å². The Balaban J connectivity index is 1.88. The van der Waals surface area contributed by atoms with Crippen LogP contribution >= 0.6 is 11.3 Å². The van der Waals surface area contributed by atoms with Gasteiger partial charge in [-0.2, -0.15) is 0 Å². The second-order valence-electron chi connectivity index (χ2n) is 6.12. The van der Waals surface area contributed by atoms with Gasteiger partial charge in [0.25, 0.3) is 0 Å². The number of carbonyl (C=O) groups excluding carboxylic acids is 1. The fourth-order valence-corrected chi connectivity index (χ4v) is 3.55.